The second-order valence-corrected chi connectivity index (χ2v) is 3.87. The molecule has 0 aromatic heterocycles. The van der Waals surface area contributed by atoms with Gasteiger partial charge in [-0.25, -0.2) is 0 Å². The van der Waals surface area contributed by atoms with E-state index in [9.17, 15) is 0 Å². The third kappa shape index (κ3) is 3.36. The topological polar surface area (TPSA) is 9.23 Å². The highest BCUT2D eigenvalue weighted by Crippen LogP contribution is 2.14. The first kappa shape index (κ1) is 12.2. The molecule has 0 heterocycles. The second-order valence-electron chi connectivity index (χ2n) is 3.87. The summed E-state index contributed by atoms with van der Waals surface area (Å²) in [5.74, 6) is 0.864. The number of benzene rings is 2. The van der Waals surface area contributed by atoms with Crippen molar-refractivity contribution in [3.05, 3.63) is 83.9 Å². The molecule has 0 fully saturated rings. The molecule has 0 radical (unpaired) electrons. The van der Waals surface area contributed by atoms with E-state index in [0.717, 1.165) is 11.3 Å². The number of hydrogen-bond donors (Lipinski definition) is 0. The zero-order valence-corrected chi connectivity index (χ0v) is 10.4. The Morgan fingerprint density at radius 1 is 0.889 bits per heavy atom. The fourth-order valence-electron chi connectivity index (χ4n) is 1.70. The summed E-state index contributed by atoms with van der Waals surface area (Å²) in [4.78, 5) is 0. The number of allylic oxidation sites excluding steroid dienone is 2. The summed E-state index contributed by atoms with van der Waals surface area (Å²) in [6.07, 6.45) is 6.03. The van der Waals surface area contributed by atoms with Gasteiger partial charge in [-0.15, -0.1) is 0 Å². The molecule has 0 aliphatic carbocycles. The van der Waals surface area contributed by atoms with E-state index in [1.807, 2.05) is 60.7 Å². The van der Waals surface area contributed by atoms with Gasteiger partial charge in [0.05, 0.1) is 7.11 Å². The molecule has 0 unspecified atom stereocenters. The van der Waals surface area contributed by atoms with E-state index in [-0.39, 0.29) is 0 Å². The summed E-state index contributed by atoms with van der Waals surface area (Å²) in [6, 6.07) is 20.3. The summed E-state index contributed by atoms with van der Waals surface area (Å²) in [5, 5.41) is 0. The molecule has 0 N–H and O–H groups in total. The van der Waals surface area contributed by atoms with Crippen LogP contribution >= 0.6 is 0 Å². The molecular weight excluding hydrogens is 220 g/mol. The van der Waals surface area contributed by atoms with Gasteiger partial charge < -0.3 is 4.74 Å². The molecule has 1 nitrogen and oxygen atoms in total. The zero-order valence-electron chi connectivity index (χ0n) is 10.4. The minimum absolute atomic E-state index is 0.864. The third-order valence-corrected chi connectivity index (χ3v) is 2.61. The lowest BCUT2D eigenvalue weighted by Gasteiger charge is -2.04. The molecular formula is C17H16O. The molecule has 0 bridgehead atoms. The summed E-state index contributed by atoms with van der Waals surface area (Å²) >= 11 is 0. The molecule has 1 heteroatoms. The summed E-state index contributed by atoms with van der Waals surface area (Å²) in [6.45, 7) is 0. The Balaban J connectivity index is 2.14. The van der Waals surface area contributed by atoms with Crippen molar-refractivity contribution in [2.75, 3.05) is 7.11 Å². The van der Waals surface area contributed by atoms with Crippen LogP contribution in [0.1, 0.15) is 11.1 Å². The molecule has 2 rings (SSSR count). The fraction of sp³-hybridized carbons (Fsp3) is 0.0588. The lowest BCUT2D eigenvalue weighted by atomic mass is 10.1. The molecule has 90 valence electrons. The molecule has 0 saturated carbocycles. The highest BCUT2D eigenvalue weighted by molar-refractivity contribution is 5.63. The Morgan fingerprint density at radius 2 is 1.50 bits per heavy atom. The Kier molecular flexibility index (Phi) is 4.37. The Hall–Kier alpha value is -2.28. The van der Waals surface area contributed by atoms with Crippen LogP contribution in [0.3, 0.4) is 0 Å². The van der Waals surface area contributed by atoms with Gasteiger partial charge in [0.15, 0.2) is 0 Å². The van der Waals surface area contributed by atoms with Crippen LogP contribution in [-0.2, 0) is 4.74 Å². The molecule has 0 aliphatic heterocycles. The van der Waals surface area contributed by atoms with Crippen LogP contribution in [0, 0.1) is 0 Å². The van der Waals surface area contributed by atoms with Gasteiger partial charge in [-0.1, -0.05) is 72.8 Å². The smallest absolute Gasteiger partial charge is 0.126 e. The van der Waals surface area contributed by atoms with Gasteiger partial charge >= 0.3 is 0 Å². The number of rotatable bonds is 4. The summed E-state index contributed by atoms with van der Waals surface area (Å²) in [5.41, 5.74) is 2.26. The normalized spacial score (nSPS) is 11.7. The van der Waals surface area contributed by atoms with Crippen LogP contribution < -0.4 is 0 Å². The van der Waals surface area contributed by atoms with E-state index < -0.39 is 0 Å². The Bertz CT molecular complexity index is 524. The largest absolute Gasteiger partial charge is 0.496 e. The van der Waals surface area contributed by atoms with Crippen molar-refractivity contribution in [3.63, 3.8) is 0 Å². The maximum absolute atomic E-state index is 5.38. The van der Waals surface area contributed by atoms with E-state index in [4.69, 9.17) is 4.74 Å². The van der Waals surface area contributed by atoms with Crippen LogP contribution in [-0.4, -0.2) is 7.11 Å². The lowest BCUT2D eigenvalue weighted by molar-refractivity contribution is 0.370. The molecule has 0 saturated heterocycles. The SMILES string of the molecule is COC(=CC=Cc1ccccc1)c1ccccc1. The van der Waals surface area contributed by atoms with Crippen molar-refractivity contribution < 1.29 is 4.74 Å². The predicted molar refractivity (Wildman–Crippen MR) is 76.9 cm³/mol. The van der Waals surface area contributed by atoms with Gasteiger partial charge in [-0.05, 0) is 11.6 Å². The van der Waals surface area contributed by atoms with Crippen molar-refractivity contribution in [2.24, 2.45) is 0 Å². The van der Waals surface area contributed by atoms with Crippen molar-refractivity contribution in [3.8, 4) is 0 Å². The van der Waals surface area contributed by atoms with Crippen LogP contribution in [0.4, 0.5) is 0 Å². The lowest BCUT2D eigenvalue weighted by Crippen LogP contribution is -1.85. The van der Waals surface area contributed by atoms with Gasteiger partial charge in [0.2, 0.25) is 0 Å². The average Bonchev–Trinajstić information content (AvgIpc) is 2.46. The first-order valence-electron chi connectivity index (χ1n) is 5.93. The van der Waals surface area contributed by atoms with E-state index in [1.54, 1.807) is 7.11 Å². The third-order valence-electron chi connectivity index (χ3n) is 2.61. The quantitative estimate of drug-likeness (QED) is 0.565. The van der Waals surface area contributed by atoms with E-state index in [0.29, 0.717) is 0 Å². The van der Waals surface area contributed by atoms with Gasteiger partial charge in [-0.3, -0.25) is 0 Å². The van der Waals surface area contributed by atoms with Crippen LogP contribution in [0.25, 0.3) is 11.8 Å². The minimum Gasteiger partial charge on any atom is -0.496 e. The van der Waals surface area contributed by atoms with E-state index in [1.165, 1.54) is 5.56 Å². The van der Waals surface area contributed by atoms with Crippen molar-refractivity contribution in [2.45, 2.75) is 0 Å². The highest BCUT2D eigenvalue weighted by Gasteiger charge is 1.97. The van der Waals surface area contributed by atoms with Crippen molar-refractivity contribution in [1.29, 1.82) is 0 Å². The number of ether oxygens (including phenoxy) is 1. The standard InChI is InChI=1S/C17H16O/c1-18-17(16-12-6-3-7-13-16)14-8-11-15-9-4-2-5-10-15/h2-14H,1H3. The summed E-state index contributed by atoms with van der Waals surface area (Å²) < 4.78 is 5.38. The maximum Gasteiger partial charge on any atom is 0.126 e. The number of hydrogen-bond acceptors (Lipinski definition) is 1. The first-order chi connectivity index (χ1) is 8.90. The van der Waals surface area contributed by atoms with E-state index in [2.05, 4.69) is 18.2 Å². The first-order valence-corrected chi connectivity index (χ1v) is 5.93. The predicted octanol–water partition coefficient (Wildman–Crippen LogP) is 4.39. The van der Waals surface area contributed by atoms with Gasteiger partial charge in [-0.2, -0.15) is 0 Å². The Labute approximate surface area is 108 Å². The van der Waals surface area contributed by atoms with Crippen LogP contribution in [0.5, 0.6) is 0 Å². The van der Waals surface area contributed by atoms with Crippen molar-refractivity contribution >= 4 is 11.8 Å². The van der Waals surface area contributed by atoms with Gasteiger partial charge in [0, 0.05) is 5.56 Å². The molecule has 2 aromatic carbocycles. The highest BCUT2D eigenvalue weighted by atomic mass is 16.5. The monoisotopic (exact) mass is 236 g/mol. The average molecular weight is 236 g/mol. The molecule has 0 spiro atoms. The fourth-order valence-corrected chi connectivity index (χ4v) is 1.70. The van der Waals surface area contributed by atoms with Crippen LogP contribution in [0.2, 0.25) is 0 Å². The second kappa shape index (κ2) is 6.45. The number of methoxy groups -OCH3 is 1. The van der Waals surface area contributed by atoms with Crippen LogP contribution in [0.15, 0.2) is 72.8 Å². The maximum atomic E-state index is 5.38. The minimum atomic E-state index is 0.864. The molecule has 0 amide bonds. The van der Waals surface area contributed by atoms with E-state index >= 15 is 0 Å². The van der Waals surface area contributed by atoms with Crippen molar-refractivity contribution in [1.82, 2.24) is 0 Å². The molecule has 0 aliphatic rings. The molecule has 2 aromatic rings. The van der Waals surface area contributed by atoms with Gasteiger partial charge in [0.1, 0.15) is 5.76 Å². The molecule has 0 atom stereocenters. The Morgan fingerprint density at radius 3 is 2.11 bits per heavy atom. The zero-order chi connectivity index (χ0) is 12.6. The van der Waals surface area contributed by atoms with Gasteiger partial charge in [0.25, 0.3) is 0 Å². The summed E-state index contributed by atoms with van der Waals surface area (Å²) in [7, 11) is 1.69. The molecule has 18 heavy (non-hydrogen) atoms.